The Balaban J connectivity index is 1.55. The number of hydrogen-bond acceptors (Lipinski definition) is 5. The van der Waals surface area contributed by atoms with Crippen molar-refractivity contribution in [3.8, 4) is 0 Å². The number of carbonyl (C=O) groups is 1. The molecule has 0 aromatic rings. The Morgan fingerprint density at radius 1 is 1.30 bits per heavy atom. The molecule has 1 N–H and O–H groups in total. The summed E-state index contributed by atoms with van der Waals surface area (Å²) in [6.07, 6.45) is 7.71. The van der Waals surface area contributed by atoms with Gasteiger partial charge in [0, 0.05) is 23.2 Å². The van der Waals surface area contributed by atoms with Gasteiger partial charge in [-0.25, -0.2) is 4.39 Å². The first-order valence-corrected chi connectivity index (χ1v) is 12.9. The fourth-order valence-electron chi connectivity index (χ4n) is 8.05. The van der Waals surface area contributed by atoms with Crippen molar-refractivity contribution in [2.24, 2.45) is 22.7 Å². The highest BCUT2D eigenvalue weighted by molar-refractivity contribution is 7.99. The van der Waals surface area contributed by atoms with E-state index in [2.05, 4.69) is 20.1 Å². The zero-order chi connectivity index (χ0) is 21.5. The zero-order valence-electron chi connectivity index (χ0n) is 18.6. The SMILES string of the molecule is CCC[C@@H]1O[C@@H]2CC3C4CCC5=CC(=O)CC[C@]5(C)[C@@]4(F)[C@@H](O)C[C@]3(C)[C@]2(SC)O1. The molecule has 9 atom stereocenters. The molecule has 0 spiro atoms. The van der Waals surface area contributed by atoms with E-state index in [9.17, 15) is 9.90 Å². The predicted molar refractivity (Wildman–Crippen MR) is 115 cm³/mol. The van der Waals surface area contributed by atoms with E-state index in [0.717, 1.165) is 31.3 Å². The summed E-state index contributed by atoms with van der Waals surface area (Å²) in [5, 5.41) is 11.5. The lowest BCUT2D eigenvalue weighted by Gasteiger charge is -2.63. The van der Waals surface area contributed by atoms with Crippen molar-refractivity contribution in [3.63, 3.8) is 0 Å². The number of rotatable bonds is 3. The van der Waals surface area contributed by atoms with Gasteiger partial charge in [0.2, 0.25) is 0 Å². The largest absolute Gasteiger partial charge is 0.390 e. The van der Waals surface area contributed by atoms with Crippen LogP contribution in [0.1, 0.15) is 72.1 Å². The number of halogens is 1. The second kappa shape index (κ2) is 6.79. The highest BCUT2D eigenvalue weighted by Crippen LogP contribution is 2.73. The number of hydrogen-bond donors (Lipinski definition) is 1. The summed E-state index contributed by atoms with van der Waals surface area (Å²) in [6, 6.07) is 0. The average molecular weight is 439 g/mol. The van der Waals surface area contributed by atoms with Gasteiger partial charge in [-0.15, -0.1) is 11.8 Å². The number of alkyl halides is 1. The molecule has 0 amide bonds. The van der Waals surface area contributed by atoms with Crippen molar-refractivity contribution in [1.82, 2.24) is 0 Å². The molecule has 2 unspecified atom stereocenters. The van der Waals surface area contributed by atoms with E-state index in [0.29, 0.717) is 25.7 Å². The molecular formula is C24H35FO4S. The first-order valence-electron chi connectivity index (χ1n) is 11.7. The van der Waals surface area contributed by atoms with Crippen LogP contribution in [-0.4, -0.2) is 46.2 Å². The van der Waals surface area contributed by atoms with E-state index in [1.807, 2.05) is 6.92 Å². The lowest BCUT2D eigenvalue weighted by atomic mass is 9.45. The van der Waals surface area contributed by atoms with E-state index in [1.54, 1.807) is 17.8 Å². The van der Waals surface area contributed by atoms with Gasteiger partial charge in [-0.05, 0) is 56.8 Å². The van der Waals surface area contributed by atoms with Crippen molar-refractivity contribution >= 4 is 17.5 Å². The molecule has 3 saturated carbocycles. The van der Waals surface area contributed by atoms with E-state index in [1.165, 1.54) is 0 Å². The average Bonchev–Trinajstić information content (AvgIpc) is 3.16. The van der Waals surface area contributed by atoms with Crippen LogP contribution in [0.4, 0.5) is 4.39 Å². The summed E-state index contributed by atoms with van der Waals surface area (Å²) in [7, 11) is 0. The molecule has 168 valence electrons. The summed E-state index contributed by atoms with van der Waals surface area (Å²) in [5.74, 6) is -0.0462. The molecule has 1 heterocycles. The smallest absolute Gasteiger partial charge is 0.160 e. The van der Waals surface area contributed by atoms with Gasteiger partial charge in [0.05, 0.1) is 12.2 Å². The maximum absolute atomic E-state index is 17.2. The molecule has 0 aromatic heterocycles. The van der Waals surface area contributed by atoms with Gasteiger partial charge in [0.1, 0.15) is 10.6 Å². The standard InChI is InChI=1S/C24H35FO4S/c1-5-6-20-28-19-12-17-16-8-7-14-11-15(26)9-10-21(14,2)23(16,25)18(27)13-22(17,3)24(19,29-20)30-4/h11,16-20,27H,5-10,12-13H2,1-4H3/t16?,17?,18-,19+,20+,21-,22-,23-,24-/m0/s1. The molecule has 4 aliphatic carbocycles. The lowest BCUT2D eigenvalue weighted by molar-refractivity contribution is -0.226. The van der Waals surface area contributed by atoms with Crippen molar-refractivity contribution < 1.29 is 23.8 Å². The maximum Gasteiger partial charge on any atom is 0.160 e. The first kappa shape index (κ1) is 21.4. The van der Waals surface area contributed by atoms with Crippen LogP contribution in [0, 0.1) is 22.7 Å². The minimum absolute atomic E-state index is 0.0636. The number of fused-ring (bicyclic) bond motifs is 7. The van der Waals surface area contributed by atoms with Crippen LogP contribution in [0.15, 0.2) is 11.6 Å². The van der Waals surface area contributed by atoms with Crippen molar-refractivity contribution in [3.05, 3.63) is 11.6 Å². The van der Waals surface area contributed by atoms with Gasteiger partial charge >= 0.3 is 0 Å². The Bertz CT molecular complexity index is 787. The summed E-state index contributed by atoms with van der Waals surface area (Å²) in [4.78, 5) is 11.5. The number of ketones is 1. The van der Waals surface area contributed by atoms with Gasteiger partial charge in [-0.2, -0.15) is 0 Å². The van der Waals surface area contributed by atoms with E-state index < -0.39 is 22.1 Å². The van der Waals surface area contributed by atoms with Crippen LogP contribution >= 0.6 is 11.8 Å². The molecular weight excluding hydrogens is 403 g/mol. The van der Waals surface area contributed by atoms with Crippen LogP contribution < -0.4 is 0 Å². The van der Waals surface area contributed by atoms with Crippen LogP contribution in [0.2, 0.25) is 0 Å². The topological polar surface area (TPSA) is 55.8 Å². The number of aliphatic hydroxyl groups excluding tert-OH is 1. The normalized spacial score (nSPS) is 54.8. The Morgan fingerprint density at radius 2 is 2.07 bits per heavy atom. The van der Waals surface area contributed by atoms with Gasteiger partial charge < -0.3 is 14.6 Å². The minimum atomic E-state index is -1.71. The van der Waals surface area contributed by atoms with E-state index in [4.69, 9.17) is 9.47 Å². The third-order valence-electron chi connectivity index (χ3n) is 9.57. The molecule has 0 aromatic carbocycles. The summed E-state index contributed by atoms with van der Waals surface area (Å²) < 4.78 is 30.1. The number of ether oxygens (including phenoxy) is 2. The summed E-state index contributed by atoms with van der Waals surface area (Å²) in [5.41, 5.74) is -1.90. The number of aliphatic hydroxyl groups is 1. The molecule has 0 bridgehead atoms. The second-order valence-corrected chi connectivity index (χ2v) is 11.7. The quantitative estimate of drug-likeness (QED) is 0.686. The summed E-state index contributed by atoms with van der Waals surface area (Å²) >= 11 is 1.69. The molecule has 4 nitrogen and oxygen atoms in total. The Hall–Kier alpha value is -0.430. The predicted octanol–water partition coefficient (Wildman–Crippen LogP) is 4.79. The molecule has 30 heavy (non-hydrogen) atoms. The summed E-state index contributed by atoms with van der Waals surface area (Å²) in [6.45, 7) is 6.28. The number of carbonyl (C=O) groups excluding carboxylic acids is 1. The first-order chi connectivity index (χ1) is 14.2. The van der Waals surface area contributed by atoms with Crippen LogP contribution in [0.3, 0.4) is 0 Å². The van der Waals surface area contributed by atoms with Crippen molar-refractivity contribution in [2.75, 3.05) is 6.26 Å². The van der Waals surface area contributed by atoms with Crippen LogP contribution in [0.25, 0.3) is 0 Å². The molecule has 1 saturated heterocycles. The van der Waals surface area contributed by atoms with Crippen LogP contribution in [-0.2, 0) is 14.3 Å². The minimum Gasteiger partial charge on any atom is -0.390 e. The number of thioether (sulfide) groups is 1. The maximum atomic E-state index is 17.2. The fourth-order valence-corrected chi connectivity index (χ4v) is 9.37. The Kier molecular flexibility index (Phi) is 4.84. The van der Waals surface area contributed by atoms with Gasteiger partial charge in [-0.1, -0.05) is 32.8 Å². The Labute approximate surface area is 183 Å². The second-order valence-electron chi connectivity index (χ2n) is 10.7. The van der Waals surface area contributed by atoms with Gasteiger partial charge in [-0.3, -0.25) is 4.79 Å². The fraction of sp³-hybridized carbons (Fsp3) is 0.875. The molecule has 0 radical (unpaired) electrons. The zero-order valence-corrected chi connectivity index (χ0v) is 19.4. The van der Waals surface area contributed by atoms with Crippen molar-refractivity contribution in [1.29, 1.82) is 0 Å². The Morgan fingerprint density at radius 3 is 2.77 bits per heavy atom. The third kappa shape index (κ3) is 2.37. The lowest BCUT2D eigenvalue weighted by Crippen LogP contribution is -2.68. The van der Waals surface area contributed by atoms with Crippen LogP contribution in [0.5, 0.6) is 0 Å². The molecule has 4 fully saturated rings. The monoisotopic (exact) mass is 438 g/mol. The molecule has 1 aliphatic heterocycles. The van der Waals surface area contributed by atoms with Gasteiger partial charge in [0.15, 0.2) is 12.1 Å². The third-order valence-corrected chi connectivity index (χ3v) is 11.0. The molecule has 5 aliphatic rings. The van der Waals surface area contributed by atoms with E-state index in [-0.39, 0.29) is 35.4 Å². The van der Waals surface area contributed by atoms with E-state index >= 15 is 4.39 Å². The molecule has 5 rings (SSSR count). The molecule has 6 heteroatoms. The van der Waals surface area contributed by atoms with Crippen molar-refractivity contribution in [2.45, 2.75) is 101 Å². The van der Waals surface area contributed by atoms with Gasteiger partial charge in [0.25, 0.3) is 0 Å². The highest BCUT2D eigenvalue weighted by Gasteiger charge is 2.77. The highest BCUT2D eigenvalue weighted by atomic mass is 32.2. The number of allylic oxidation sites excluding steroid dienone is 1.